The van der Waals surface area contributed by atoms with E-state index in [0.29, 0.717) is 35.8 Å². The fraction of sp³-hybridized carbons (Fsp3) is 0.375. The van der Waals surface area contributed by atoms with Crippen LogP contribution in [0.3, 0.4) is 0 Å². The second kappa shape index (κ2) is 17.3. The second-order valence-electron chi connectivity index (χ2n) is 16.9. The lowest BCUT2D eigenvalue weighted by atomic mass is 9.91. The highest BCUT2D eigenvalue weighted by Crippen LogP contribution is 2.34. The first-order chi connectivity index (χ1) is 30.0. The van der Waals surface area contributed by atoms with Crippen LogP contribution in [0.4, 0.5) is 8.78 Å². The lowest BCUT2D eigenvalue weighted by molar-refractivity contribution is 0.211. The highest BCUT2D eigenvalue weighted by atomic mass is 19.1. The van der Waals surface area contributed by atoms with Crippen LogP contribution in [0, 0.1) is 39.3 Å². The number of aromatic nitrogens is 6. The van der Waals surface area contributed by atoms with Crippen molar-refractivity contribution in [3.05, 3.63) is 150 Å². The summed E-state index contributed by atoms with van der Waals surface area (Å²) in [6.45, 7) is 13.2. The number of aryl methyl sites for hydroxylation is 4. The molecular formula is C48H50F2N8O4. The number of nitrogens with zero attached hydrogens (tertiary/aromatic N) is 8. The summed E-state index contributed by atoms with van der Waals surface area (Å²) in [5.41, 5.74) is 9.60. The molecule has 0 saturated carbocycles. The van der Waals surface area contributed by atoms with E-state index in [0.717, 1.165) is 132 Å². The van der Waals surface area contributed by atoms with Crippen LogP contribution in [0.25, 0.3) is 33.2 Å². The van der Waals surface area contributed by atoms with Crippen molar-refractivity contribution in [3.63, 3.8) is 0 Å². The van der Waals surface area contributed by atoms with Crippen LogP contribution in [-0.2, 0) is 12.8 Å². The minimum Gasteiger partial charge on any atom is -0.356 e. The molecule has 0 spiro atoms. The maximum Gasteiger partial charge on any atom is 0.261 e. The van der Waals surface area contributed by atoms with E-state index in [1.165, 1.54) is 24.3 Å². The number of rotatable bonds is 8. The molecule has 2 aliphatic heterocycles. The fourth-order valence-electron chi connectivity index (χ4n) is 9.31. The zero-order chi connectivity index (χ0) is 43.1. The van der Waals surface area contributed by atoms with Gasteiger partial charge < -0.3 is 18.8 Å². The summed E-state index contributed by atoms with van der Waals surface area (Å²) in [4.78, 5) is 40.1. The molecule has 0 atom stereocenters. The zero-order valence-corrected chi connectivity index (χ0v) is 35.5. The maximum absolute atomic E-state index is 13.4. The Morgan fingerprint density at radius 3 is 1.40 bits per heavy atom. The fourth-order valence-corrected chi connectivity index (χ4v) is 9.31. The zero-order valence-electron chi connectivity index (χ0n) is 35.5. The van der Waals surface area contributed by atoms with E-state index in [1.54, 1.807) is 33.3 Å². The van der Waals surface area contributed by atoms with Gasteiger partial charge in [-0.25, -0.2) is 18.7 Å². The van der Waals surface area contributed by atoms with Crippen molar-refractivity contribution in [3.8, 4) is 0 Å². The molecule has 10 rings (SSSR count). The third-order valence-electron chi connectivity index (χ3n) is 12.9. The number of piperidine rings is 2. The molecule has 0 radical (unpaired) electrons. The van der Waals surface area contributed by atoms with Gasteiger partial charge in [-0.15, -0.1) is 0 Å². The molecule has 2 fully saturated rings. The molecule has 2 saturated heterocycles. The first kappa shape index (κ1) is 41.2. The van der Waals surface area contributed by atoms with Crippen LogP contribution in [0.5, 0.6) is 0 Å². The highest BCUT2D eigenvalue weighted by Gasteiger charge is 2.27. The SMILES string of the molecule is Cc1nc2c(C)cccn2c(=O)c1CCN1CCC(c2noc3cc(F)ccc23)CC1.Cc1nc2c(C)cccn2c(=O)c1CCN1CCC(c2noc3cc(F)ccc23)CC1. The van der Waals surface area contributed by atoms with E-state index in [-0.39, 0.29) is 22.8 Å². The number of halogens is 2. The maximum atomic E-state index is 13.4. The van der Waals surface area contributed by atoms with Crippen molar-refractivity contribution in [2.75, 3.05) is 39.3 Å². The summed E-state index contributed by atoms with van der Waals surface area (Å²) in [6.07, 6.45) is 8.81. The Labute approximate surface area is 356 Å². The van der Waals surface area contributed by atoms with Crippen LogP contribution in [-0.4, -0.2) is 78.2 Å². The average molecular weight is 841 g/mol. The Morgan fingerprint density at radius 2 is 1.00 bits per heavy atom. The lowest BCUT2D eigenvalue weighted by Gasteiger charge is -2.31. The van der Waals surface area contributed by atoms with Crippen molar-refractivity contribution in [2.45, 2.75) is 78.1 Å². The Hall–Kier alpha value is -6.12. The van der Waals surface area contributed by atoms with Gasteiger partial charge >= 0.3 is 0 Å². The van der Waals surface area contributed by atoms with Crippen molar-refractivity contribution < 1.29 is 17.8 Å². The largest absolute Gasteiger partial charge is 0.356 e. The van der Waals surface area contributed by atoms with Crippen LogP contribution in [0.1, 0.15) is 82.5 Å². The van der Waals surface area contributed by atoms with Gasteiger partial charge in [0.15, 0.2) is 11.2 Å². The van der Waals surface area contributed by atoms with Gasteiger partial charge in [-0.1, -0.05) is 22.4 Å². The van der Waals surface area contributed by atoms with Gasteiger partial charge in [-0.05, 0) is 140 Å². The average Bonchev–Trinajstić information content (AvgIpc) is 3.89. The Bertz CT molecular complexity index is 2840. The van der Waals surface area contributed by atoms with Gasteiger partial charge in [0.25, 0.3) is 11.1 Å². The van der Waals surface area contributed by atoms with Gasteiger partial charge in [-0.2, -0.15) is 0 Å². The van der Waals surface area contributed by atoms with Crippen LogP contribution >= 0.6 is 0 Å². The molecule has 0 aliphatic carbocycles. The highest BCUT2D eigenvalue weighted by molar-refractivity contribution is 5.80. The minimum absolute atomic E-state index is 0.0300. The molecule has 2 aliphatic rings. The van der Waals surface area contributed by atoms with Crippen molar-refractivity contribution in [1.29, 1.82) is 0 Å². The minimum atomic E-state index is -0.311. The molecule has 12 nitrogen and oxygen atoms in total. The molecule has 6 aromatic heterocycles. The molecule has 8 aromatic rings. The molecule has 14 heteroatoms. The van der Waals surface area contributed by atoms with Gasteiger partial charge in [0, 0.05) is 82.7 Å². The van der Waals surface area contributed by atoms with E-state index in [1.807, 2.05) is 52.0 Å². The first-order valence-electron chi connectivity index (χ1n) is 21.5. The topological polar surface area (TPSA) is 127 Å². The molecular weight excluding hydrogens is 791 g/mol. The standard InChI is InChI=1S/2C24H25FN4O2/c2*1-15-4-3-10-29-23(15)26-16(2)19(24(29)30)9-13-28-11-7-17(8-12-28)22-20-6-5-18(25)14-21(20)31-27-22/h2*3-6,10,14,17H,7-9,11-13H2,1-2H3. The Balaban J connectivity index is 0.000000158. The van der Waals surface area contributed by atoms with Gasteiger partial charge in [0.05, 0.1) is 11.4 Å². The molecule has 0 N–H and O–H groups in total. The molecule has 0 amide bonds. The number of fused-ring (bicyclic) bond motifs is 4. The van der Waals surface area contributed by atoms with Gasteiger partial charge in [0.2, 0.25) is 0 Å². The molecule has 0 bridgehead atoms. The monoisotopic (exact) mass is 840 g/mol. The predicted molar refractivity (Wildman–Crippen MR) is 234 cm³/mol. The summed E-state index contributed by atoms with van der Waals surface area (Å²) < 4.78 is 40.8. The van der Waals surface area contributed by atoms with E-state index >= 15 is 0 Å². The van der Waals surface area contributed by atoms with Gasteiger partial charge in [0.1, 0.15) is 22.9 Å². The summed E-state index contributed by atoms with van der Waals surface area (Å²) >= 11 is 0. The van der Waals surface area contributed by atoms with E-state index in [9.17, 15) is 18.4 Å². The molecule has 62 heavy (non-hydrogen) atoms. The number of hydrogen-bond acceptors (Lipinski definition) is 10. The quantitative estimate of drug-likeness (QED) is 0.148. The Kier molecular flexibility index (Phi) is 11.5. The smallest absolute Gasteiger partial charge is 0.261 e. The van der Waals surface area contributed by atoms with Crippen molar-refractivity contribution >= 4 is 33.2 Å². The summed E-state index contributed by atoms with van der Waals surface area (Å²) in [5, 5.41) is 10.3. The third-order valence-corrected chi connectivity index (χ3v) is 12.9. The number of likely N-dealkylation sites (tertiary alicyclic amines) is 2. The second-order valence-corrected chi connectivity index (χ2v) is 16.9. The van der Waals surface area contributed by atoms with Crippen molar-refractivity contribution in [2.24, 2.45) is 0 Å². The molecule has 0 unspecified atom stereocenters. The van der Waals surface area contributed by atoms with Gasteiger partial charge in [-0.3, -0.25) is 18.4 Å². The summed E-state index contributed by atoms with van der Waals surface area (Å²) in [6, 6.07) is 16.9. The third kappa shape index (κ3) is 8.16. The van der Waals surface area contributed by atoms with E-state index in [2.05, 4.69) is 30.1 Å². The normalized spacial score (nSPS) is 15.8. The van der Waals surface area contributed by atoms with E-state index < -0.39 is 0 Å². The molecule has 8 heterocycles. The van der Waals surface area contributed by atoms with E-state index in [4.69, 9.17) is 9.05 Å². The number of hydrogen-bond donors (Lipinski definition) is 0. The number of benzene rings is 2. The van der Waals surface area contributed by atoms with Crippen LogP contribution in [0.2, 0.25) is 0 Å². The molecule has 2 aromatic carbocycles. The number of pyridine rings is 2. The van der Waals surface area contributed by atoms with Crippen LogP contribution < -0.4 is 11.1 Å². The summed E-state index contributed by atoms with van der Waals surface area (Å²) in [7, 11) is 0. The lowest BCUT2D eigenvalue weighted by Crippen LogP contribution is -2.35. The predicted octanol–water partition coefficient (Wildman–Crippen LogP) is 8.03. The Morgan fingerprint density at radius 1 is 0.597 bits per heavy atom. The first-order valence-corrected chi connectivity index (χ1v) is 21.5. The summed E-state index contributed by atoms with van der Waals surface area (Å²) in [5.74, 6) is -0.00890. The molecule has 320 valence electrons. The van der Waals surface area contributed by atoms with Crippen LogP contribution in [0.15, 0.2) is 91.7 Å². The van der Waals surface area contributed by atoms with Crippen molar-refractivity contribution in [1.82, 2.24) is 38.9 Å².